The number of aryl methyl sites for hydroxylation is 1. The summed E-state index contributed by atoms with van der Waals surface area (Å²) in [6.45, 7) is 4.32. The number of hydrogen-bond donors (Lipinski definition) is 0. The number of sulfone groups is 1. The standard InChI is InChI=1S/C20H21NO3S/c1-3-24-14-20(13-21)18(16-7-5-4-6-8-16)19(20)25(22,23)17-11-9-15(2)10-12-17/h4-12,18-19H,3,14H2,1-2H3/t18-,19-,20-/m1/s1. The maximum absolute atomic E-state index is 13.2. The van der Waals surface area contributed by atoms with Crippen LogP contribution in [0.3, 0.4) is 0 Å². The highest BCUT2D eigenvalue weighted by atomic mass is 32.2. The molecule has 0 aliphatic heterocycles. The van der Waals surface area contributed by atoms with Crippen LogP contribution in [0.1, 0.15) is 24.0 Å². The first-order chi connectivity index (χ1) is 12.0. The van der Waals surface area contributed by atoms with Crippen LogP contribution in [0.25, 0.3) is 0 Å². The Balaban J connectivity index is 2.05. The average Bonchev–Trinajstić information content (AvgIpc) is 3.31. The molecule has 1 saturated carbocycles. The van der Waals surface area contributed by atoms with E-state index in [2.05, 4.69) is 6.07 Å². The fourth-order valence-corrected chi connectivity index (χ4v) is 5.79. The predicted molar refractivity (Wildman–Crippen MR) is 95.9 cm³/mol. The van der Waals surface area contributed by atoms with Crippen molar-refractivity contribution in [3.63, 3.8) is 0 Å². The Morgan fingerprint density at radius 2 is 1.76 bits per heavy atom. The molecule has 4 nitrogen and oxygen atoms in total. The lowest BCUT2D eigenvalue weighted by atomic mass is 10.0. The van der Waals surface area contributed by atoms with Crippen LogP contribution in [0, 0.1) is 23.7 Å². The minimum Gasteiger partial charge on any atom is -0.380 e. The van der Waals surface area contributed by atoms with Gasteiger partial charge in [0.05, 0.1) is 22.8 Å². The molecule has 0 saturated heterocycles. The van der Waals surface area contributed by atoms with E-state index >= 15 is 0 Å². The van der Waals surface area contributed by atoms with Gasteiger partial charge in [0.2, 0.25) is 0 Å². The van der Waals surface area contributed by atoms with Gasteiger partial charge in [0.15, 0.2) is 9.84 Å². The Labute approximate surface area is 149 Å². The summed E-state index contributed by atoms with van der Waals surface area (Å²) in [4.78, 5) is 0.262. The Morgan fingerprint density at radius 3 is 2.32 bits per heavy atom. The smallest absolute Gasteiger partial charge is 0.183 e. The first-order valence-corrected chi connectivity index (χ1v) is 9.86. The monoisotopic (exact) mass is 355 g/mol. The van der Waals surface area contributed by atoms with Crippen molar-refractivity contribution < 1.29 is 13.2 Å². The molecule has 2 aromatic rings. The van der Waals surface area contributed by atoms with E-state index < -0.39 is 20.5 Å². The molecule has 3 atom stereocenters. The fourth-order valence-electron chi connectivity index (χ4n) is 3.48. The Bertz CT molecular complexity index is 885. The molecule has 130 valence electrons. The second kappa shape index (κ2) is 6.62. The molecule has 25 heavy (non-hydrogen) atoms. The van der Waals surface area contributed by atoms with Crippen molar-refractivity contribution in [1.29, 1.82) is 5.26 Å². The third-order valence-corrected chi connectivity index (χ3v) is 7.14. The zero-order valence-corrected chi connectivity index (χ0v) is 15.2. The van der Waals surface area contributed by atoms with E-state index in [0.29, 0.717) is 6.61 Å². The minimum atomic E-state index is -3.63. The van der Waals surface area contributed by atoms with Crippen LogP contribution < -0.4 is 0 Å². The van der Waals surface area contributed by atoms with Gasteiger partial charge in [-0.1, -0.05) is 48.0 Å². The summed E-state index contributed by atoms with van der Waals surface area (Å²) in [7, 11) is -3.63. The molecule has 5 heteroatoms. The van der Waals surface area contributed by atoms with Crippen molar-refractivity contribution in [3.05, 3.63) is 65.7 Å². The van der Waals surface area contributed by atoms with E-state index in [1.165, 1.54) is 0 Å². The summed E-state index contributed by atoms with van der Waals surface area (Å²) in [5.74, 6) is -0.378. The zero-order chi connectivity index (χ0) is 18.1. The molecule has 0 radical (unpaired) electrons. The second-order valence-electron chi connectivity index (χ2n) is 6.46. The number of nitrogens with zero attached hydrogens (tertiary/aromatic N) is 1. The van der Waals surface area contributed by atoms with Gasteiger partial charge in [-0.15, -0.1) is 0 Å². The lowest BCUT2D eigenvalue weighted by Gasteiger charge is -2.10. The molecular weight excluding hydrogens is 334 g/mol. The molecule has 3 rings (SSSR count). The molecule has 0 heterocycles. The van der Waals surface area contributed by atoms with Gasteiger partial charge in [-0.25, -0.2) is 8.42 Å². The quantitative estimate of drug-likeness (QED) is 0.795. The Kier molecular flexibility index (Phi) is 4.68. The van der Waals surface area contributed by atoms with Gasteiger partial charge in [0, 0.05) is 12.5 Å². The second-order valence-corrected chi connectivity index (χ2v) is 8.53. The van der Waals surface area contributed by atoms with Crippen LogP contribution >= 0.6 is 0 Å². The third kappa shape index (κ3) is 2.97. The normalized spacial score (nSPS) is 25.3. The van der Waals surface area contributed by atoms with Gasteiger partial charge < -0.3 is 4.74 Å². The topological polar surface area (TPSA) is 67.2 Å². The van der Waals surface area contributed by atoms with E-state index in [-0.39, 0.29) is 17.4 Å². The number of nitriles is 1. The summed E-state index contributed by atoms with van der Waals surface area (Å²) >= 11 is 0. The Morgan fingerprint density at radius 1 is 1.12 bits per heavy atom. The van der Waals surface area contributed by atoms with Crippen LogP contribution in [0.4, 0.5) is 0 Å². The zero-order valence-electron chi connectivity index (χ0n) is 14.3. The van der Waals surface area contributed by atoms with Crippen molar-refractivity contribution >= 4 is 9.84 Å². The van der Waals surface area contributed by atoms with E-state index in [1.54, 1.807) is 24.3 Å². The minimum absolute atomic E-state index is 0.120. The Hall–Kier alpha value is -2.16. The van der Waals surface area contributed by atoms with Crippen molar-refractivity contribution in [2.24, 2.45) is 5.41 Å². The molecule has 1 aliphatic carbocycles. The SMILES string of the molecule is CCOC[C@]1(C#N)[C@H](c2ccccc2)[C@H]1S(=O)(=O)c1ccc(C)cc1. The van der Waals surface area contributed by atoms with Gasteiger partial charge in [-0.2, -0.15) is 5.26 Å². The largest absolute Gasteiger partial charge is 0.380 e. The predicted octanol–water partition coefficient (Wildman–Crippen LogP) is 3.48. The van der Waals surface area contributed by atoms with Gasteiger partial charge in [-0.05, 0) is 31.5 Å². The van der Waals surface area contributed by atoms with Crippen LogP contribution in [0.5, 0.6) is 0 Å². The summed E-state index contributed by atoms with van der Waals surface area (Å²) in [6.07, 6.45) is 0. The van der Waals surface area contributed by atoms with Crippen molar-refractivity contribution in [1.82, 2.24) is 0 Å². The molecule has 0 unspecified atom stereocenters. The number of benzene rings is 2. The van der Waals surface area contributed by atoms with Crippen molar-refractivity contribution in [2.45, 2.75) is 29.9 Å². The van der Waals surface area contributed by atoms with Gasteiger partial charge >= 0.3 is 0 Å². The first-order valence-electron chi connectivity index (χ1n) is 8.32. The van der Waals surface area contributed by atoms with E-state index in [9.17, 15) is 13.7 Å². The number of hydrogen-bond acceptors (Lipinski definition) is 4. The maximum Gasteiger partial charge on any atom is 0.183 e. The van der Waals surface area contributed by atoms with E-state index in [4.69, 9.17) is 4.74 Å². The highest BCUT2D eigenvalue weighted by molar-refractivity contribution is 7.92. The first kappa shape index (κ1) is 17.7. The maximum atomic E-state index is 13.2. The molecule has 0 amide bonds. The lowest BCUT2D eigenvalue weighted by molar-refractivity contribution is 0.117. The van der Waals surface area contributed by atoms with Crippen LogP contribution in [-0.2, 0) is 14.6 Å². The van der Waals surface area contributed by atoms with Crippen LogP contribution in [0.2, 0.25) is 0 Å². The van der Waals surface area contributed by atoms with Crippen LogP contribution in [-0.4, -0.2) is 26.9 Å². The molecule has 0 bridgehead atoms. The van der Waals surface area contributed by atoms with Crippen LogP contribution in [0.15, 0.2) is 59.5 Å². The number of rotatable bonds is 6. The highest BCUT2D eigenvalue weighted by Gasteiger charge is 2.72. The van der Waals surface area contributed by atoms with Crippen molar-refractivity contribution in [2.75, 3.05) is 13.2 Å². The van der Waals surface area contributed by atoms with Gasteiger partial charge in [0.1, 0.15) is 5.41 Å². The van der Waals surface area contributed by atoms with Crippen molar-refractivity contribution in [3.8, 4) is 6.07 Å². The molecule has 0 aromatic heterocycles. The molecule has 0 spiro atoms. The fraction of sp³-hybridized carbons (Fsp3) is 0.350. The van der Waals surface area contributed by atoms with E-state index in [1.807, 2.05) is 44.2 Å². The molecule has 1 aliphatic rings. The van der Waals surface area contributed by atoms with Gasteiger partial charge in [0.25, 0.3) is 0 Å². The molecule has 0 N–H and O–H groups in total. The summed E-state index contributed by atoms with van der Waals surface area (Å²) in [6, 6.07) is 18.4. The summed E-state index contributed by atoms with van der Waals surface area (Å²) < 4.78 is 31.9. The molecule has 1 fully saturated rings. The highest BCUT2D eigenvalue weighted by Crippen LogP contribution is 2.63. The average molecular weight is 355 g/mol. The lowest BCUT2D eigenvalue weighted by Crippen LogP contribution is -2.19. The molecule has 2 aromatic carbocycles. The summed E-state index contributed by atoms with van der Waals surface area (Å²) in [5.41, 5.74) is 0.820. The molecular formula is C20H21NO3S. The van der Waals surface area contributed by atoms with E-state index in [0.717, 1.165) is 11.1 Å². The summed E-state index contributed by atoms with van der Waals surface area (Å²) in [5, 5.41) is 9.06. The number of ether oxygens (including phenoxy) is 1. The third-order valence-electron chi connectivity index (χ3n) is 4.85. The van der Waals surface area contributed by atoms with Gasteiger partial charge in [-0.3, -0.25) is 0 Å².